The zero-order chi connectivity index (χ0) is 10.8. The van der Waals surface area contributed by atoms with E-state index in [0.29, 0.717) is 11.6 Å². The Balaban J connectivity index is 2.27. The Labute approximate surface area is 93.1 Å². The van der Waals surface area contributed by atoms with Crippen molar-refractivity contribution in [3.8, 4) is 0 Å². The molecule has 1 aromatic carbocycles. The minimum absolute atomic E-state index is 0.0133. The minimum atomic E-state index is -0.443. The van der Waals surface area contributed by atoms with Crippen LogP contribution in [0.15, 0.2) is 18.2 Å². The predicted molar refractivity (Wildman–Crippen MR) is 57.6 cm³/mol. The van der Waals surface area contributed by atoms with Crippen molar-refractivity contribution in [1.29, 1.82) is 0 Å². The van der Waals surface area contributed by atoms with Gasteiger partial charge in [0.15, 0.2) is 0 Å². The molecule has 2 nitrogen and oxygen atoms in total. The number of piperidine rings is 1. The molecule has 82 valence electrons. The average Bonchev–Trinajstić information content (AvgIpc) is 2.20. The van der Waals surface area contributed by atoms with Gasteiger partial charge in [-0.2, -0.15) is 0 Å². The number of rotatable bonds is 1. The van der Waals surface area contributed by atoms with Crippen molar-refractivity contribution in [3.05, 3.63) is 34.6 Å². The van der Waals surface area contributed by atoms with Crippen LogP contribution >= 0.6 is 11.6 Å². The van der Waals surface area contributed by atoms with Gasteiger partial charge >= 0.3 is 0 Å². The Morgan fingerprint density at radius 1 is 1.47 bits per heavy atom. The second-order valence-corrected chi connectivity index (χ2v) is 4.24. The quantitative estimate of drug-likeness (QED) is 0.771. The van der Waals surface area contributed by atoms with E-state index in [1.807, 2.05) is 0 Å². The molecule has 0 saturated carbocycles. The van der Waals surface area contributed by atoms with E-state index >= 15 is 0 Å². The van der Waals surface area contributed by atoms with E-state index in [1.54, 1.807) is 6.07 Å². The van der Waals surface area contributed by atoms with Gasteiger partial charge in [0, 0.05) is 17.5 Å². The van der Waals surface area contributed by atoms with E-state index in [-0.39, 0.29) is 11.7 Å². The smallest absolute Gasteiger partial charge is 0.124 e. The molecular formula is C11H13ClFNO. The first-order valence-corrected chi connectivity index (χ1v) is 5.40. The van der Waals surface area contributed by atoms with E-state index in [9.17, 15) is 9.50 Å². The molecule has 1 heterocycles. The molecule has 4 heteroatoms. The molecule has 1 fully saturated rings. The van der Waals surface area contributed by atoms with Crippen LogP contribution in [0.4, 0.5) is 4.39 Å². The van der Waals surface area contributed by atoms with E-state index < -0.39 is 6.10 Å². The molecule has 2 N–H and O–H groups in total. The van der Waals surface area contributed by atoms with Gasteiger partial charge in [-0.1, -0.05) is 17.7 Å². The van der Waals surface area contributed by atoms with Crippen LogP contribution in [0.2, 0.25) is 5.02 Å². The first-order chi connectivity index (χ1) is 7.18. The lowest BCUT2D eigenvalue weighted by Gasteiger charge is -2.29. The molecule has 1 aliphatic rings. The molecule has 2 unspecified atom stereocenters. The van der Waals surface area contributed by atoms with Gasteiger partial charge in [-0.15, -0.1) is 0 Å². The van der Waals surface area contributed by atoms with Crippen molar-refractivity contribution in [2.45, 2.75) is 18.4 Å². The topological polar surface area (TPSA) is 32.3 Å². The molecule has 1 aliphatic heterocycles. The van der Waals surface area contributed by atoms with Crippen LogP contribution in [0.1, 0.15) is 17.9 Å². The van der Waals surface area contributed by atoms with Gasteiger partial charge in [0.25, 0.3) is 0 Å². The zero-order valence-electron chi connectivity index (χ0n) is 8.21. The predicted octanol–water partition coefficient (Wildman–Crippen LogP) is 1.92. The molecule has 1 aromatic rings. The highest BCUT2D eigenvalue weighted by molar-refractivity contribution is 6.31. The molecule has 0 aromatic heterocycles. The van der Waals surface area contributed by atoms with Crippen LogP contribution in [0.5, 0.6) is 0 Å². The summed E-state index contributed by atoms with van der Waals surface area (Å²) in [6.07, 6.45) is 0.383. The molecule has 0 amide bonds. The van der Waals surface area contributed by atoms with Crippen molar-refractivity contribution >= 4 is 11.6 Å². The van der Waals surface area contributed by atoms with Crippen LogP contribution in [-0.4, -0.2) is 24.3 Å². The number of halogens is 2. The molecule has 1 saturated heterocycles. The van der Waals surface area contributed by atoms with Gasteiger partial charge in [-0.05, 0) is 30.7 Å². The third-order valence-electron chi connectivity index (χ3n) is 2.81. The summed E-state index contributed by atoms with van der Waals surface area (Å²) < 4.78 is 12.9. The lowest BCUT2D eigenvalue weighted by molar-refractivity contribution is 0.118. The highest BCUT2D eigenvalue weighted by Gasteiger charge is 2.26. The van der Waals surface area contributed by atoms with Crippen LogP contribution in [0.3, 0.4) is 0 Å². The molecule has 0 radical (unpaired) electrons. The Bertz CT molecular complexity index is 358. The largest absolute Gasteiger partial charge is 0.391 e. The summed E-state index contributed by atoms with van der Waals surface area (Å²) in [7, 11) is 0. The summed E-state index contributed by atoms with van der Waals surface area (Å²) >= 11 is 5.96. The van der Waals surface area contributed by atoms with Crippen LogP contribution < -0.4 is 5.32 Å². The number of benzene rings is 1. The van der Waals surface area contributed by atoms with Gasteiger partial charge in [0.05, 0.1) is 6.10 Å². The normalized spacial score (nSPS) is 26.6. The standard InChI is InChI=1S/C11H13ClFNO/c12-10-5-7(13)1-2-8(10)9-3-4-14-6-11(9)15/h1-2,5,9,11,14-15H,3-4,6H2. The number of aliphatic hydroxyl groups excluding tert-OH is 1. The molecule has 2 rings (SSSR count). The summed E-state index contributed by atoms with van der Waals surface area (Å²) in [6, 6.07) is 4.35. The van der Waals surface area contributed by atoms with Crippen LogP contribution in [0.25, 0.3) is 0 Å². The summed E-state index contributed by atoms with van der Waals surface area (Å²) in [4.78, 5) is 0. The first-order valence-electron chi connectivity index (χ1n) is 5.02. The molecule has 15 heavy (non-hydrogen) atoms. The van der Waals surface area contributed by atoms with E-state index in [4.69, 9.17) is 11.6 Å². The fourth-order valence-electron chi connectivity index (χ4n) is 2.01. The van der Waals surface area contributed by atoms with E-state index in [0.717, 1.165) is 18.5 Å². The summed E-state index contributed by atoms with van der Waals surface area (Å²) in [5.41, 5.74) is 0.840. The van der Waals surface area contributed by atoms with Crippen LogP contribution in [-0.2, 0) is 0 Å². The van der Waals surface area contributed by atoms with Crippen molar-refractivity contribution in [3.63, 3.8) is 0 Å². The fourth-order valence-corrected chi connectivity index (χ4v) is 2.31. The Kier molecular flexibility index (Phi) is 3.24. The number of aliphatic hydroxyl groups is 1. The molecule has 0 aliphatic carbocycles. The summed E-state index contributed by atoms with van der Waals surface area (Å²) in [5, 5.41) is 13.3. The number of β-amino-alcohol motifs (C(OH)–C–C–N with tert-alkyl or cyclic N) is 1. The van der Waals surface area contributed by atoms with E-state index in [1.165, 1.54) is 12.1 Å². The maximum atomic E-state index is 12.9. The third-order valence-corrected chi connectivity index (χ3v) is 3.14. The van der Waals surface area contributed by atoms with Crippen molar-refractivity contribution in [2.24, 2.45) is 0 Å². The second-order valence-electron chi connectivity index (χ2n) is 3.83. The number of nitrogens with one attached hydrogen (secondary N) is 1. The minimum Gasteiger partial charge on any atom is -0.391 e. The summed E-state index contributed by atoms with van der Waals surface area (Å²) in [5.74, 6) is -0.327. The van der Waals surface area contributed by atoms with Gasteiger partial charge in [0.1, 0.15) is 5.82 Å². The Morgan fingerprint density at radius 2 is 2.27 bits per heavy atom. The van der Waals surface area contributed by atoms with Gasteiger partial charge in [-0.3, -0.25) is 0 Å². The van der Waals surface area contributed by atoms with Gasteiger partial charge in [0.2, 0.25) is 0 Å². The molecule has 0 bridgehead atoms. The van der Waals surface area contributed by atoms with Crippen molar-refractivity contribution in [2.75, 3.05) is 13.1 Å². The Hall–Kier alpha value is -0.640. The highest BCUT2D eigenvalue weighted by Crippen LogP contribution is 2.31. The number of hydrogen-bond acceptors (Lipinski definition) is 2. The molecule has 0 spiro atoms. The summed E-state index contributed by atoms with van der Waals surface area (Å²) in [6.45, 7) is 1.42. The maximum Gasteiger partial charge on any atom is 0.124 e. The molecular weight excluding hydrogens is 217 g/mol. The fraction of sp³-hybridized carbons (Fsp3) is 0.455. The lowest BCUT2D eigenvalue weighted by Crippen LogP contribution is -2.39. The molecule has 2 atom stereocenters. The Morgan fingerprint density at radius 3 is 2.93 bits per heavy atom. The highest BCUT2D eigenvalue weighted by atomic mass is 35.5. The van der Waals surface area contributed by atoms with Crippen molar-refractivity contribution < 1.29 is 9.50 Å². The number of hydrogen-bond donors (Lipinski definition) is 2. The average molecular weight is 230 g/mol. The zero-order valence-corrected chi connectivity index (χ0v) is 8.97. The van der Waals surface area contributed by atoms with Gasteiger partial charge in [-0.25, -0.2) is 4.39 Å². The maximum absolute atomic E-state index is 12.9. The first kappa shape index (κ1) is 10.9. The SMILES string of the molecule is OC1CNCCC1c1ccc(F)cc1Cl. The van der Waals surface area contributed by atoms with Crippen molar-refractivity contribution in [1.82, 2.24) is 5.32 Å². The van der Waals surface area contributed by atoms with Crippen LogP contribution in [0, 0.1) is 5.82 Å². The monoisotopic (exact) mass is 229 g/mol. The third kappa shape index (κ3) is 2.30. The van der Waals surface area contributed by atoms with Gasteiger partial charge < -0.3 is 10.4 Å². The second kappa shape index (κ2) is 4.47. The van der Waals surface area contributed by atoms with E-state index in [2.05, 4.69) is 5.32 Å². The lowest BCUT2D eigenvalue weighted by atomic mass is 9.88.